The molecule has 0 amide bonds. The zero-order valence-corrected chi connectivity index (χ0v) is 9.77. The standard InChI is InChI=1S/C10H18F2O3/c1-7(11)6-10(4,12)9(2,3)15-8(13)14-5/h7H,6H2,1-5H3. The lowest BCUT2D eigenvalue weighted by molar-refractivity contribution is -0.104. The van der Waals surface area contributed by atoms with Crippen LogP contribution in [0.1, 0.15) is 34.1 Å². The van der Waals surface area contributed by atoms with Crippen molar-refractivity contribution in [3.63, 3.8) is 0 Å². The van der Waals surface area contributed by atoms with Crippen molar-refractivity contribution < 1.29 is 23.0 Å². The smallest absolute Gasteiger partial charge is 0.438 e. The number of rotatable bonds is 4. The third-order valence-corrected chi connectivity index (χ3v) is 2.43. The van der Waals surface area contributed by atoms with Crippen LogP contribution in [0.3, 0.4) is 0 Å². The average molecular weight is 224 g/mol. The Morgan fingerprint density at radius 1 is 1.40 bits per heavy atom. The minimum atomic E-state index is -1.95. The van der Waals surface area contributed by atoms with Gasteiger partial charge in [-0.2, -0.15) is 0 Å². The predicted molar refractivity (Wildman–Crippen MR) is 52.3 cm³/mol. The van der Waals surface area contributed by atoms with Gasteiger partial charge in [0.25, 0.3) is 0 Å². The van der Waals surface area contributed by atoms with Gasteiger partial charge in [0, 0.05) is 6.42 Å². The van der Waals surface area contributed by atoms with Crippen LogP contribution in [0.15, 0.2) is 0 Å². The van der Waals surface area contributed by atoms with Crippen molar-refractivity contribution in [2.75, 3.05) is 7.11 Å². The van der Waals surface area contributed by atoms with Gasteiger partial charge in [0.05, 0.1) is 7.11 Å². The van der Waals surface area contributed by atoms with E-state index < -0.39 is 23.6 Å². The van der Waals surface area contributed by atoms with Crippen molar-refractivity contribution in [2.24, 2.45) is 0 Å². The van der Waals surface area contributed by atoms with Crippen LogP contribution < -0.4 is 0 Å². The molecule has 90 valence electrons. The number of methoxy groups -OCH3 is 1. The molecule has 2 unspecified atom stereocenters. The summed E-state index contributed by atoms with van der Waals surface area (Å²) < 4.78 is 35.8. The van der Waals surface area contributed by atoms with Crippen molar-refractivity contribution in [1.82, 2.24) is 0 Å². The van der Waals surface area contributed by atoms with E-state index in [9.17, 15) is 13.6 Å². The van der Waals surface area contributed by atoms with Gasteiger partial charge in [-0.1, -0.05) is 0 Å². The summed E-state index contributed by atoms with van der Waals surface area (Å²) in [6.45, 7) is 5.22. The molecule has 15 heavy (non-hydrogen) atoms. The summed E-state index contributed by atoms with van der Waals surface area (Å²) in [5, 5.41) is 0. The zero-order chi connectivity index (χ0) is 12.3. The summed E-state index contributed by atoms with van der Waals surface area (Å²) in [6.07, 6.45) is -2.62. The van der Waals surface area contributed by atoms with Gasteiger partial charge >= 0.3 is 6.16 Å². The van der Waals surface area contributed by atoms with Gasteiger partial charge in [-0.25, -0.2) is 13.6 Å². The van der Waals surface area contributed by atoms with Gasteiger partial charge in [0.1, 0.15) is 17.4 Å². The monoisotopic (exact) mass is 224 g/mol. The van der Waals surface area contributed by atoms with Crippen LogP contribution in [0.25, 0.3) is 0 Å². The van der Waals surface area contributed by atoms with Crippen molar-refractivity contribution in [3.8, 4) is 0 Å². The van der Waals surface area contributed by atoms with E-state index in [1.807, 2.05) is 0 Å². The second-order valence-electron chi connectivity index (χ2n) is 4.25. The molecule has 0 aliphatic heterocycles. The number of hydrogen-bond donors (Lipinski definition) is 0. The molecular weight excluding hydrogens is 206 g/mol. The number of halogens is 2. The van der Waals surface area contributed by atoms with Gasteiger partial charge < -0.3 is 9.47 Å². The second-order valence-corrected chi connectivity index (χ2v) is 4.25. The number of hydrogen-bond acceptors (Lipinski definition) is 3. The molecule has 0 aliphatic carbocycles. The quantitative estimate of drug-likeness (QED) is 0.688. The Bertz CT molecular complexity index is 225. The lowest BCUT2D eigenvalue weighted by Gasteiger charge is -2.36. The van der Waals surface area contributed by atoms with Gasteiger partial charge in [0.15, 0.2) is 0 Å². The van der Waals surface area contributed by atoms with Crippen LogP contribution in [0, 0.1) is 0 Å². The van der Waals surface area contributed by atoms with Gasteiger partial charge in [-0.3, -0.25) is 0 Å². The van der Waals surface area contributed by atoms with Crippen LogP contribution in [0.5, 0.6) is 0 Å². The predicted octanol–water partition coefficient (Wildman–Crippen LogP) is 3.02. The maximum atomic E-state index is 14.0. The van der Waals surface area contributed by atoms with Crippen molar-refractivity contribution in [2.45, 2.75) is 51.6 Å². The topological polar surface area (TPSA) is 35.5 Å². The zero-order valence-electron chi connectivity index (χ0n) is 9.77. The molecule has 0 aromatic rings. The molecule has 0 aromatic heterocycles. The second kappa shape index (κ2) is 4.77. The third-order valence-electron chi connectivity index (χ3n) is 2.43. The highest BCUT2D eigenvalue weighted by atomic mass is 19.2. The molecule has 0 saturated heterocycles. The molecule has 2 atom stereocenters. The summed E-state index contributed by atoms with van der Waals surface area (Å²) in [5.74, 6) is 0. The molecule has 0 rings (SSSR count). The number of carbonyl (C=O) groups is 1. The molecule has 0 fully saturated rings. The maximum Gasteiger partial charge on any atom is 0.508 e. The van der Waals surface area contributed by atoms with Gasteiger partial charge in [0.2, 0.25) is 0 Å². The maximum absolute atomic E-state index is 14.0. The van der Waals surface area contributed by atoms with Crippen LogP contribution in [-0.4, -0.2) is 30.7 Å². The highest BCUT2D eigenvalue weighted by Crippen LogP contribution is 2.34. The fourth-order valence-corrected chi connectivity index (χ4v) is 1.13. The molecule has 0 bridgehead atoms. The third kappa shape index (κ3) is 4.01. The van der Waals surface area contributed by atoms with E-state index in [-0.39, 0.29) is 6.42 Å². The van der Waals surface area contributed by atoms with E-state index in [2.05, 4.69) is 4.74 Å². The Morgan fingerprint density at radius 2 is 1.87 bits per heavy atom. The average Bonchev–Trinajstić information content (AvgIpc) is 2.00. The van der Waals surface area contributed by atoms with Crippen LogP contribution >= 0.6 is 0 Å². The molecule has 0 radical (unpaired) electrons. The molecule has 3 nitrogen and oxygen atoms in total. The number of alkyl halides is 2. The number of carbonyl (C=O) groups excluding carboxylic acids is 1. The largest absolute Gasteiger partial charge is 0.508 e. The van der Waals surface area contributed by atoms with Gasteiger partial charge in [-0.15, -0.1) is 0 Å². The minimum absolute atomic E-state index is 0.336. The van der Waals surface area contributed by atoms with E-state index in [1.54, 1.807) is 0 Å². The Hall–Kier alpha value is -0.870. The summed E-state index contributed by atoms with van der Waals surface area (Å²) in [5.41, 5.74) is -3.38. The van der Waals surface area contributed by atoms with E-state index in [4.69, 9.17) is 4.74 Å². The van der Waals surface area contributed by atoms with E-state index in [0.29, 0.717) is 0 Å². The molecule has 0 aromatic carbocycles. The molecule has 0 N–H and O–H groups in total. The SMILES string of the molecule is COC(=O)OC(C)(C)C(C)(F)CC(C)F. The number of ether oxygens (including phenoxy) is 2. The van der Waals surface area contributed by atoms with Gasteiger partial charge in [-0.05, 0) is 27.7 Å². The Labute approximate surface area is 88.7 Å². The normalized spacial score (nSPS) is 17.8. The summed E-state index contributed by atoms with van der Waals surface area (Å²) >= 11 is 0. The highest BCUT2D eigenvalue weighted by molar-refractivity contribution is 5.60. The van der Waals surface area contributed by atoms with Crippen molar-refractivity contribution >= 4 is 6.16 Å². The van der Waals surface area contributed by atoms with E-state index in [0.717, 1.165) is 7.11 Å². The molecule has 0 saturated carbocycles. The first-order valence-corrected chi connectivity index (χ1v) is 4.72. The first-order chi connectivity index (χ1) is 6.62. The summed E-state index contributed by atoms with van der Waals surface area (Å²) in [7, 11) is 1.13. The van der Waals surface area contributed by atoms with Crippen LogP contribution in [-0.2, 0) is 9.47 Å². The molecular formula is C10H18F2O3. The fraction of sp³-hybridized carbons (Fsp3) is 0.900. The first kappa shape index (κ1) is 14.1. The molecule has 0 heterocycles. The van der Waals surface area contributed by atoms with Crippen LogP contribution in [0.2, 0.25) is 0 Å². The summed E-state index contributed by atoms with van der Waals surface area (Å²) in [4.78, 5) is 10.9. The summed E-state index contributed by atoms with van der Waals surface area (Å²) in [6, 6.07) is 0. The molecule has 0 aliphatic rings. The lowest BCUT2D eigenvalue weighted by atomic mass is 9.85. The van der Waals surface area contributed by atoms with Crippen molar-refractivity contribution in [3.05, 3.63) is 0 Å². The van der Waals surface area contributed by atoms with E-state index >= 15 is 0 Å². The highest BCUT2D eigenvalue weighted by Gasteiger charge is 2.46. The Morgan fingerprint density at radius 3 is 2.20 bits per heavy atom. The molecule has 0 spiro atoms. The minimum Gasteiger partial charge on any atom is -0.438 e. The Balaban J connectivity index is 4.60. The molecule has 5 heteroatoms. The fourth-order valence-electron chi connectivity index (χ4n) is 1.13. The van der Waals surface area contributed by atoms with E-state index in [1.165, 1.54) is 27.7 Å². The van der Waals surface area contributed by atoms with Crippen LogP contribution in [0.4, 0.5) is 13.6 Å². The first-order valence-electron chi connectivity index (χ1n) is 4.72. The lowest BCUT2D eigenvalue weighted by Crippen LogP contribution is -2.48. The van der Waals surface area contributed by atoms with Crippen molar-refractivity contribution in [1.29, 1.82) is 0 Å². The Kier molecular flexibility index (Phi) is 4.49.